The summed E-state index contributed by atoms with van der Waals surface area (Å²) in [4.78, 5) is 0. The van der Waals surface area contributed by atoms with E-state index in [2.05, 4.69) is 13.8 Å². The molecule has 116 valence electrons. The van der Waals surface area contributed by atoms with Crippen LogP contribution in [0.1, 0.15) is 50.2 Å². The Bertz CT molecular complexity index is 542. The lowest BCUT2D eigenvalue weighted by atomic mass is 9.84. The Morgan fingerprint density at radius 2 is 1.90 bits per heavy atom. The van der Waals surface area contributed by atoms with Crippen molar-refractivity contribution in [2.75, 3.05) is 0 Å². The van der Waals surface area contributed by atoms with Crippen LogP contribution in [0.4, 0.5) is 0 Å². The fourth-order valence-electron chi connectivity index (χ4n) is 2.39. The van der Waals surface area contributed by atoms with E-state index in [1.165, 1.54) is 6.21 Å². The predicted molar refractivity (Wildman–Crippen MR) is 88.4 cm³/mol. The summed E-state index contributed by atoms with van der Waals surface area (Å²) < 4.78 is 21.4. The second-order valence-electron chi connectivity index (χ2n) is 5.41. The van der Waals surface area contributed by atoms with Crippen molar-refractivity contribution in [1.29, 1.82) is 10.8 Å². The maximum Gasteiger partial charge on any atom is 0.144 e. The molecule has 0 radical (unpaired) electrons. The molecule has 1 aromatic rings. The molecule has 2 atom stereocenters. The number of nitrogens with one attached hydrogen (secondary N) is 2. The smallest absolute Gasteiger partial charge is 0.144 e. The van der Waals surface area contributed by atoms with Gasteiger partial charge in [-0.25, -0.2) is 8.42 Å². The van der Waals surface area contributed by atoms with E-state index >= 15 is 0 Å². The Morgan fingerprint density at radius 1 is 1.29 bits per heavy atom. The molecule has 0 aliphatic rings. The standard InChI is InChI=1S/C16H24N2O2S/c1-3-4-16(18)9-15(10-17)12(2)14-7-5-13(6-8-14)11-21(19)20/h5-8,10,12,15,17-18,21H,3-4,9,11H2,1-2H3. The predicted octanol–water partition coefficient (Wildman–Crippen LogP) is 3.38. The van der Waals surface area contributed by atoms with E-state index in [0.29, 0.717) is 12.1 Å². The lowest BCUT2D eigenvalue weighted by Crippen LogP contribution is -2.16. The molecule has 1 rings (SSSR count). The van der Waals surface area contributed by atoms with E-state index in [9.17, 15) is 8.42 Å². The average Bonchev–Trinajstić information content (AvgIpc) is 2.44. The minimum Gasteiger partial charge on any atom is -0.313 e. The topological polar surface area (TPSA) is 81.8 Å². The van der Waals surface area contributed by atoms with E-state index in [1.54, 1.807) is 0 Å². The van der Waals surface area contributed by atoms with Crippen LogP contribution in [-0.2, 0) is 16.5 Å². The highest BCUT2D eigenvalue weighted by Crippen LogP contribution is 2.26. The monoisotopic (exact) mass is 308 g/mol. The van der Waals surface area contributed by atoms with Crippen LogP contribution in [0, 0.1) is 16.7 Å². The molecular weight excluding hydrogens is 284 g/mol. The molecule has 0 aliphatic carbocycles. The highest BCUT2D eigenvalue weighted by Gasteiger charge is 2.18. The molecule has 5 heteroatoms. The summed E-state index contributed by atoms with van der Waals surface area (Å²) in [6.07, 6.45) is 3.79. The quantitative estimate of drug-likeness (QED) is 0.483. The number of thiol groups is 1. The molecule has 4 nitrogen and oxygen atoms in total. The fraction of sp³-hybridized carbons (Fsp3) is 0.500. The SMILES string of the molecule is CCCC(=N)CC(C=N)C(C)c1ccc(C[SH](=O)=O)cc1. The van der Waals surface area contributed by atoms with Gasteiger partial charge in [0.15, 0.2) is 0 Å². The summed E-state index contributed by atoms with van der Waals surface area (Å²) in [6, 6.07) is 7.52. The van der Waals surface area contributed by atoms with E-state index in [1.807, 2.05) is 24.3 Å². The van der Waals surface area contributed by atoms with Crippen LogP contribution in [0.3, 0.4) is 0 Å². The van der Waals surface area contributed by atoms with Crippen LogP contribution in [0.15, 0.2) is 24.3 Å². The molecule has 2 N–H and O–H groups in total. The van der Waals surface area contributed by atoms with Crippen LogP contribution in [0.5, 0.6) is 0 Å². The molecule has 0 amide bonds. The zero-order valence-corrected chi connectivity index (χ0v) is 13.5. The van der Waals surface area contributed by atoms with Crippen molar-refractivity contribution in [2.45, 2.75) is 44.8 Å². The molecule has 0 saturated heterocycles. The van der Waals surface area contributed by atoms with Crippen molar-refractivity contribution in [3.63, 3.8) is 0 Å². The van der Waals surface area contributed by atoms with Crippen LogP contribution < -0.4 is 0 Å². The van der Waals surface area contributed by atoms with Crippen LogP contribution in [-0.4, -0.2) is 20.3 Å². The summed E-state index contributed by atoms with van der Waals surface area (Å²) >= 11 is 0. The Morgan fingerprint density at radius 3 is 2.38 bits per heavy atom. The molecular formula is C16H24N2O2S. The number of rotatable bonds is 9. The summed E-state index contributed by atoms with van der Waals surface area (Å²) in [5.74, 6) is 0.236. The second-order valence-corrected chi connectivity index (χ2v) is 6.39. The fourth-order valence-corrected chi connectivity index (χ4v) is 2.90. The number of hydrogen-bond donors (Lipinski definition) is 3. The Hall–Kier alpha value is -1.49. The first-order valence-electron chi connectivity index (χ1n) is 7.25. The number of benzene rings is 1. The lowest BCUT2D eigenvalue weighted by Gasteiger charge is -2.21. The van der Waals surface area contributed by atoms with Gasteiger partial charge in [0.1, 0.15) is 10.7 Å². The first-order valence-corrected chi connectivity index (χ1v) is 8.61. The zero-order valence-electron chi connectivity index (χ0n) is 12.6. The molecule has 0 spiro atoms. The molecule has 0 bridgehead atoms. The Labute approximate surface area is 128 Å². The van der Waals surface area contributed by atoms with Crippen molar-refractivity contribution >= 4 is 22.6 Å². The van der Waals surface area contributed by atoms with Gasteiger partial charge in [-0.1, -0.05) is 44.5 Å². The number of hydrogen-bond acceptors (Lipinski definition) is 4. The van der Waals surface area contributed by atoms with E-state index < -0.39 is 10.7 Å². The highest BCUT2D eigenvalue weighted by molar-refractivity contribution is 7.71. The third-order valence-electron chi connectivity index (χ3n) is 3.71. The maximum atomic E-state index is 10.7. The van der Waals surface area contributed by atoms with Gasteiger partial charge in [0.25, 0.3) is 0 Å². The van der Waals surface area contributed by atoms with Crippen LogP contribution in [0.25, 0.3) is 0 Å². The van der Waals surface area contributed by atoms with Gasteiger partial charge in [-0.2, -0.15) is 0 Å². The average molecular weight is 308 g/mol. The van der Waals surface area contributed by atoms with Crippen molar-refractivity contribution in [3.05, 3.63) is 35.4 Å². The zero-order chi connectivity index (χ0) is 15.8. The van der Waals surface area contributed by atoms with Crippen LogP contribution >= 0.6 is 0 Å². The molecule has 2 unspecified atom stereocenters. The van der Waals surface area contributed by atoms with Gasteiger partial charge in [0.05, 0.1) is 5.75 Å². The van der Waals surface area contributed by atoms with Gasteiger partial charge < -0.3 is 10.8 Å². The lowest BCUT2D eigenvalue weighted by molar-refractivity contribution is 0.595. The third-order valence-corrected chi connectivity index (χ3v) is 4.33. The minimum absolute atomic E-state index is 0.0195. The van der Waals surface area contributed by atoms with Gasteiger partial charge in [-0.05, 0) is 36.1 Å². The summed E-state index contributed by atoms with van der Waals surface area (Å²) in [5, 5.41) is 15.5. The maximum absolute atomic E-state index is 10.7. The minimum atomic E-state index is -2.40. The van der Waals surface area contributed by atoms with Gasteiger partial charge >= 0.3 is 0 Å². The first-order chi connectivity index (χ1) is 9.97. The largest absolute Gasteiger partial charge is 0.313 e. The molecule has 0 fully saturated rings. The highest BCUT2D eigenvalue weighted by atomic mass is 32.2. The van der Waals surface area contributed by atoms with E-state index in [-0.39, 0.29) is 17.6 Å². The summed E-state index contributed by atoms with van der Waals surface area (Å²) in [6.45, 7) is 4.11. The van der Waals surface area contributed by atoms with Gasteiger partial charge in [-0.15, -0.1) is 0 Å². The molecule has 1 aromatic carbocycles. The van der Waals surface area contributed by atoms with E-state index in [0.717, 1.165) is 24.0 Å². The Kier molecular flexibility index (Phi) is 7.29. The summed E-state index contributed by atoms with van der Waals surface area (Å²) in [5.41, 5.74) is 2.56. The van der Waals surface area contributed by atoms with Gasteiger partial charge in [0, 0.05) is 11.6 Å². The summed E-state index contributed by atoms with van der Waals surface area (Å²) in [7, 11) is -2.40. The normalized spacial score (nSPS) is 13.9. The van der Waals surface area contributed by atoms with Crippen molar-refractivity contribution < 1.29 is 8.42 Å². The molecule has 0 saturated carbocycles. The molecule has 21 heavy (non-hydrogen) atoms. The van der Waals surface area contributed by atoms with Crippen LogP contribution in [0.2, 0.25) is 0 Å². The van der Waals surface area contributed by atoms with Crippen molar-refractivity contribution in [3.8, 4) is 0 Å². The second kappa shape index (κ2) is 8.72. The van der Waals surface area contributed by atoms with E-state index in [4.69, 9.17) is 10.8 Å². The van der Waals surface area contributed by atoms with Crippen molar-refractivity contribution in [2.24, 2.45) is 5.92 Å². The molecule has 0 aromatic heterocycles. The van der Waals surface area contributed by atoms with Gasteiger partial charge in [-0.3, -0.25) is 0 Å². The first kappa shape index (κ1) is 17.6. The Balaban J connectivity index is 2.77. The molecule has 0 heterocycles. The third kappa shape index (κ3) is 5.79. The van der Waals surface area contributed by atoms with Gasteiger partial charge in [0.2, 0.25) is 0 Å². The molecule has 0 aliphatic heterocycles. The van der Waals surface area contributed by atoms with Crippen molar-refractivity contribution in [1.82, 2.24) is 0 Å².